The summed E-state index contributed by atoms with van der Waals surface area (Å²) in [5.41, 5.74) is 1.92. The summed E-state index contributed by atoms with van der Waals surface area (Å²) in [4.78, 5) is 12.3. The maximum absolute atomic E-state index is 12.3. The molecule has 0 saturated carbocycles. The number of rotatable bonds is 5. The van der Waals surface area contributed by atoms with Crippen LogP contribution in [0.15, 0.2) is 40.0 Å². The van der Waals surface area contributed by atoms with E-state index in [-0.39, 0.29) is 5.91 Å². The molecule has 1 amide bonds. The van der Waals surface area contributed by atoms with Gasteiger partial charge < -0.3 is 9.84 Å². The number of aromatic nitrogens is 5. The van der Waals surface area contributed by atoms with Gasteiger partial charge in [-0.15, -0.1) is 5.10 Å². The monoisotopic (exact) mass is 344 g/mol. The molecular weight excluding hydrogens is 328 g/mol. The second-order valence-corrected chi connectivity index (χ2v) is 6.54. The van der Waals surface area contributed by atoms with Gasteiger partial charge in [-0.05, 0) is 42.8 Å². The highest BCUT2D eigenvalue weighted by molar-refractivity contribution is 8.00. The van der Waals surface area contributed by atoms with Crippen molar-refractivity contribution in [2.45, 2.75) is 31.2 Å². The highest BCUT2D eigenvalue weighted by atomic mass is 32.2. The fourth-order valence-electron chi connectivity index (χ4n) is 2.07. The molecule has 0 aliphatic carbocycles. The van der Waals surface area contributed by atoms with Crippen molar-refractivity contribution in [3.63, 3.8) is 0 Å². The third kappa shape index (κ3) is 3.46. The second-order valence-electron chi connectivity index (χ2n) is 5.23. The zero-order valence-electron chi connectivity index (χ0n) is 13.4. The minimum Gasteiger partial charge on any atom is -0.360 e. The number of para-hydroxylation sites is 1. The molecular formula is C15H16N6O2S. The number of amides is 1. The molecule has 9 heteroatoms. The van der Waals surface area contributed by atoms with Crippen molar-refractivity contribution < 1.29 is 9.32 Å². The summed E-state index contributed by atoms with van der Waals surface area (Å²) in [6.07, 6.45) is 0. The van der Waals surface area contributed by atoms with Crippen molar-refractivity contribution in [3.8, 4) is 5.69 Å². The van der Waals surface area contributed by atoms with Gasteiger partial charge >= 0.3 is 0 Å². The number of nitrogens with one attached hydrogen (secondary N) is 1. The van der Waals surface area contributed by atoms with Crippen LogP contribution in [0.5, 0.6) is 0 Å². The van der Waals surface area contributed by atoms with E-state index in [9.17, 15) is 4.79 Å². The Morgan fingerprint density at radius 1 is 1.33 bits per heavy atom. The van der Waals surface area contributed by atoms with Gasteiger partial charge in [-0.25, -0.2) is 0 Å². The number of anilines is 1. The zero-order valence-corrected chi connectivity index (χ0v) is 14.2. The largest absolute Gasteiger partial charge is 0.360 e. The molecule has 3 aromatic rings. The van der Waals surface area contributed by atoms with E-state index in [1.165, 1.54) is 11.8 Å². The van der Waals surface area contributed by atoms with Crippen molar-refractivity contribution in [2.24, 2.45) is 0 Å². The predicted octanol–water partition coefficient (Wildman–Crippen LogP) is 2.39. The molecule has 0 spiro atoms. The number of carbonyl (C=O) groups is 1. The number of carbonyl (C=O) groups excluding carboxylic acids is 1. The summed E-state index contributed by atoms with van der Waals surface area (Å²) in [6.45, 7) is 5.52. The number of nitrogens with zero attached hydrogens (tertiary/aromatic N) is 5. The number of benzene rings is 1. The van der Waals surface area contributed by atoms with Crippen LogP contribution in [-0.2, 0) is 4.79 Å². The molecule has 2 aromatic heterocycles. The molecule has 0 aliphatic heterocycles. The number of tetrazole rings is 1. The van der Waals surface area contributed by atoms with E-state index in [0.29, 0.717) is 16.7 Å². The first-order valence-electron chi connectivity index (χ1n) is 7.30. The molecule has 0 fully saturated rings. The van der Waals surface area contributed by atoms with Crippen LogP contribution in [0, 0.1) is 13.8 Å². The predicted molar refractivity (Wildman–Crippen MR) is 89.1 cm³/mol. The van der Waals surface area contributed by atoms with Crippen LogP contribution in [-0.4, -0.2) is 36.5 Å². The van der Waals surface area contributed by atoms with Crippen LogP contribution in [0.3, 0.4) is 0 Å². The number of thioether (sulfide) groups is 1. The molecule has 1 N–H and O–H groups in total. The van der Waals surface area contributed by atoms with Crippen molar-refractivity contribution in [3.05, 3.63) is 41.7 Å². The van der Waals surface area contributed by atoms with Gasteiger partial charge in [0.1, 0.15) is 5.76 Å². The lowest BCUT2D eigenvalue weighted by atomic mass is 10.2. The minimum absolute atomic E-state index is 0.201. The molecule has 0 saturated heterocycles. The van der Waals surface area contributed by atoms with Gasteiger partial charge in [0.25, 0.3) is 0 Å². The van der Waals surface area contributed by atoms with Gasteiger partial charge in [-0.3, -0.25) is 4.79 Å². The Labute approximate surface area is 142 Å². The number of hydrogen-bond acceptors (Lipinski definition) is 7. The lowest BCUT2D eigenvalue weighted by Crippen LogP contribution is -2.23. The Kier molecular flexibility index (Phi) is 4.61. The zero-order chi connectivity index (χ0) is 17.1. The molecule has 0 radical (unpaired) electrons. The van der Waals surface area contributed by atoms with E-state index >= 15 is 0 Å². The van der Waals surface area contributed by atoms with Crippen LogP contribution in [0.1, 0.15) is 18.2 Å². The van der Waals surface area contributed by atoms with E-state index in [4.69, 9.17) is 4.52 Å². The third-order valence-corrected chi connectivity index (χ3v) is 4.35. The van der Waals surface area contributed by atoms with E-state index in [1.807, 2.05) is 31.2 Å². The highest BCUT2D eigenvalue weighted by Gasteiger charge is 2.20. The molecule has 1 atom stereocenters. The summed E-state index contributed by atoms with van der Waals surface area (Å²) in [7, 11) is 0. The molecule has 8 nitrogen and oxygen atoms in total. The average molecular weight is 344 g/mol. The van der Waals surface area contributed by atoms with Gasteiger partial charge in [0.15, 0.2) is 5.82 Å². The van der Waals surface area contributed by atoms with Gasteiger partial charge in [-0.2, -0.15) is 4.68 Å². The molecule has 0 bridgehead atoms. The lowest BCUT2D eigenvalue weighted by molar-refractivity contribution is -0.115. The van der Waals surface area contributed by atoms with Gasteiger partial charge in [0.05, 0.1) is 10.9 Å². The summed E-state index contributed by atoms with van der Waals surface area (Å²) in [5.74, 6) is 0.824. The first-order valence-corrected chi connectivity index (χ1v) is 8.18. The fraction of sp³-hybridized carbons (Fsp3) is 0.267. The maximum Gasteiger partial charge on any atom is 0.238 e. The highest BCUT2D eigenvalue weighted by Crippen LogP contribution is 2.25. The van der Waals surface area contributed by atoms with Crippen LogP contribution in [0.4, 0.5) is 5.82 Å². The normalized spacial score (nSPS) is 12.1. The quantitative estimate of drug-likeness (QED) is 0.709. The van der Waals surface area contributed by atoms with Crippen LogP contribution in [0.2, 0.25) is 0 Å². The van der Waals surface area contributed by atoms with Crippen LogP contribution < -0.4 is 5.32 Å². The number of hydrogen-bond donors (Lipinski definition) is 1. The van der Waals surface area contributed by atoms with E-state index < -0.39 is 5.25 Å². The Morgan fingerprint density at radius 3 is 2.83 bits per heavy atom. The maximum atomic E-state index is 12.3. The smallest absolute Gasteiger partial charge is 0.238 e. The van der Waals surface area contributed by atoms with Crippen molar-refractivity contribution >= 4 is 23.5 Å². The van der Waals surface area contributed by atoms with Crippen molar-refractivity contribution in [1.29, 1.82) is 0 Å². The van der Waals surface area contributed by atoms with Gasteiger partial charge in [0.2, 0.25) is 11.1 Å². The van der Waals surface area contributed by atoms with E-state index in [0.717, 1.165) is 11.3 Å². The first kappa shape index (κ1) is 16.2. The standard InChI is InChI=1S/C15H16N6O2S/c1-9-6-4-5-7-12(9)21-15(17-19-20-21)24-11(3)14(22)16-13-8-10(2)23-18-13/h4-8,11H,1-3H3,(H,16,18,22)/t11-/m0/s1. The molecule has 124 valence electrons. The minimum atomic E-state index is -0.407. The first-order chi connectivity index (χ1) is 11.5. The van der Waals surface area contributed by atoms with Crippen LogP contribution in [0.25, 0.3) is 5.69 Å². The SMILES string of the molecule is Cc1cc(NC(=O)[C@H](C)Sc2nnnn2-c2ccccc2C)no1. The van der Waals surface area contributed by atoms with Gasteiger partial charge in [0, 0.05) is 6.07 Å². The van der Waals surface area contributed by atoms with Crippen molar-refractivity contribution in [2.75, 3.05) is 5.32 Å². The summed E-state index contributed by atoms with van der Waals surface area (Å²) >= 11 is 1.27. The average Bonchev–Trinajstić information content (AvgIpc) is 3.17. The summed E-state index contributed by atoms with van der Waals surface area (Å²) in [5, 5.41) is 18.4. The third-order valence-electron chi connectivity index (χ3n) is 3.32. The van der Waals surface area contributed by atoms with Gasteiger partial charge in [-0.1, -0.05) is 35.1 Å². The Bertz CT molecular complexity index is 859. The summed E-state index contributed by atoms with van der Waals surface area (Å²) < 4.78 is 6.56. The van der Waals surface area contributed by atoms with Crippen molar-refractivity contribution in [1.82, 2.24) is 25.4 Å². The molecule has 0 unspecified atom stereocenters. The molecule has 3 rings (SSSR count). The Morgan fingerprint density at radius 2 is 2.12 bits per heavy atom. The fourth-order valence-corrected chi connectivity index (χ4v) is 2.87. The second kappa shape index (κ2) is 6.83. The Balaban J connectivity index is 1.73. The molecule has 1 aromatic carbocycles. The van der Waals surface area contributed by atoms with E-state index in [2.05, 4.69) is 26.0 Å². The molecule has 24 heavy (non-hydrogen) atoms. The number of aryl methyl sites for hydroxylation is 2. The summed E-state index contributed by atoms with van der Waals surface area (Å²) in [6, 6.07) is 9.44. The molecule has 0 aliphatic rings. The lowest BCUT2D eigenvalue weighted by Gasteiger charge is -2.11. The van der Waals surface area contributed by atoms with E-state index in [1.54, 1.807) is 24.6 Å². The molecule has 2 heterocycles. The Hall–Kier alpha value is -2.68. The van der Waals surface area contributed by atoms with Crippen LogP contribution >= 0.6 is 11.8 Å². The topological polar surface area (TPSA) is 98.7 Å².